The third-order valence-corrected chi connectivity index (χ3v) is 3.28. The van der Waals surface area contributed by atoms with Gasteiger partial charge in [0, 0.05) is 18.2 Å². The zero-order valence-electron chi connectivity index (χ0n) is 12.6. The number of benzene rings is 1. The lowest BCUT2D eigenvalue weighted by Crippen LogP contribution is -2.40. The fraction of sp³-hybridized carbons (Fsp3) is 0.375. The molecule has 0 radical (unpaired) electrons. The van der Waals surface area contributed by atoms with Crippen LogP contribution < -0.4 is 11.1 Å². The molecule has 5 nitrogen and oxygen atoms in total. The number of amides is 1. The Morgan fingerprint density at radius 3 is 2.73 bits per heavy atom. The SMILES string of the molecule is CCCCC(CN)NC(=O)c1coc(-c2ccccc2)n1.Cl. The summed E-state index contributed by atoms with van der Waals surface area (Å²) >= 11 is 0. The number of halogens is 1. The van der Waals surface area contributed by atoms with Crippen molar-refractivity contribution in [3.8, 4) is 11.5 Å². The topological polar surface area (TPSA) is 81.1 Å². The van der Waals surface area contributed by atoms with Gasteiger partial charge in [-0.1, -0.05) is 38.0 Å². The average Bonchev–Trinajstić information content (AvgIpc) is 3.02. The van der Waals surface area contributed by atoms with E-state index in [1.807, 2.05) is 30.3 Å². The first kappa shape index (κ1) is 18.2. The van der Waals surface area contributed by atoms with E-state index >= 15 is 0 Å². The summed E-state index contributed by atoms with van der Waals surface area (Å²) in [5.74, 6) is 0.200. The number of unbranched alkanes of at least 4 members (excludes halogenated alkanes) is 1. The van der Waals surface area contributed by atoms with Crippen LogP contribution in [0.1, 0.15) is 36.7 Å². The van der Waals surface area contributed by atoms with Crippen molar-refractivity contribution < 1.29 is 9.21 Å². The number of carbonyl (C=O) groups is 1. The maximum absolute atomic E-state index is 12.1. The summed E-state index contributed by atoms with van der Waals surface area (Å²) in [6.45, 7) is 2.54. The smallest absolute Gasteiger partial charge is 0.273 e. The lowest BCUT2D eigenvalue weighted by Gasteiger charge is -2.15. The van der Waals surface area contributed by atoms with Crippen LogP contribution in [0.3, 0.4) is 0 Å². The zero-order chi connectivity index (χ0) is 15.1. The predicted molar refractivity (Wildman–Crippen MR) is 89.0 cm³/mol. The minimum atomic E-state index is -0.243. The summed E-state index contributed by atoms with van der Waals surface area (Å²) < 4.78 is 5.36. The molecule has 1 aromatic carbocycles. The summed E-state index contributed by atoms with van der Waals surface area (Å²) in [5.41, 5.74) is 6.80. The Morgan fingerprint density at radius 2 is 2.09 bits per heavy atom. The highest BCUT2D eigenvalue weighted by molar-refractivity contribution is 5.92. The van der Waals surface area contributed by atoms with Crippen LogP contribution in [-0.2, 0) is 0 Å². The molecule has 0 aliphatic rings. The van der Waals surface area contributed by atoms with Gasteiger partial charge in [-0.15, -0.1) is 12.4 Å². The second-order valence-electron chi connectivity index (χ2n) is 4.95. The molecule has 1 amide bonds. The molecule has 0 spiro atoms. The van der Waals surface area contributed by atoms with Crippen molar-refractivity contribution in [1.29, 1.82) is 0 Å². The molecule has 1 atom stereocenters. The van der Waals surface area contributed by atoms with E-state index in [2.05, 4.69) is 17.2 Å². The van der Waals surface area contributed by atoms with Gasteiger partial charge in [-0.3, -0.25) is 4.79 Å². The molecule has 120 valence electrons. The second-order valence-corrected chi connectivity index (χ2v) is 4.95. The third-order valence-electron chi connectivity index (χ3n) is 3.28. The van der Waals surface area contributed by atoms with Crippen molar-refractivity contribution in [2.45, 2.75) is 32.2 Å². The molecule has 22 heavy (non-hydrogen) atoms. The van der Waals surface area contributed by atoms with Gasteiger partial charge in [0.25, 0.3) is 5.91 Å². The Hall–Kier alpha value is -1.85. The van der Waals surface area contributed by atoms with Gasteiger partial charge in [0.2, 0.25) is 5.89 Å². The van der Waals surface area contributed by atoms with Crippen LogP contribution in [0.4, 0.5) is 0 Å². The third kappa shape index (κ3) is 4.86. The Labute approximate surface area is 136 Å². The van der Waals surface area contributed by atoms with Gasteiger partial charge >= 0.3 is 0 Å². The van der Waals surface area contributed by atoms with Crippen LogP contribution in [0.2, 0.25) is 0 Å². The lowest BCUT2D eigenvalue weighted by atomic mass is 10.1. The normalized spacial score (nSPS) is 11.5. The molecular formula is C16H22ClN3O2. The zero-order valence-corrected chi connectivity index (χ0v) is 13.4. The molecule has 1 aromatic heterocycles. The summed E-state index contributed by atoms with van der Waals surface area (Å²) in [6, 6.07) is 9.46. The Kier molecular flexibility index (Phi) is 7.63. The molecule has 0 fully saturated rings. The van der Waals surface area contributed by atoms with Crippen LogP contribution in [0.25, 0.3) is 11.5 Å². The van der Waals surface area contributed by atoms with Gasteiger partial charge < -0.3 is 15.5 Å². The summed E-state index contributed by atoms with van der Waals surface area (Å²) in [5, 5.41) is 2.90. The van der Waals surface area contributed by atoms with Gasteiger partial charge in [-0.2, -0.15) is 0 Å². The predicted octanol–water partition coefficient (Wildman–Crippen LogP) is 3.01. The van der Waals surface area contributed by atoms with Gasteiger partial charge in [0.15, 0.2) is 5.69 Å². The number of rotatable bonds is 7. The van der Waals surface area contributed by atoms with Gasteiger partial charge in [0.1, 0.15) is 6.26 Å². The van der Waals surface area contributed by atoms with E-state index in [9.17, 15) is 4.79 Å². The van der Waals surface area contributed by atoms with E-state index in [-0.39, 0.29) is 30.0 Å². The number of nitrogens with one attached hydrogen (secondary N) is 1. The van der Waals surface area contributed by atoms with E-state index in [0.717, 1.165) is 24.8 Å². The van der Waals surface area contributed by atoms with E-state index in [1.165, 1.54) is 6.26 Å². The molecule has 0 bridgehead atoms. The molecule has 0 aliphatic heterocycles. The number of hydrogen-bond acceptors (Lipinski definition) is 4. The first-order valence-electron chi connectivity index (χ1n) is 7.26. The highest BCUT2D eigenvalue weighted by atomic mass is 35.5. The fourth-order valence-corrected chi connectivity index (χ4v) is 2.05. The van der Waals surface area contributed by atoms with Crippen molar-refractivity contribution in [3.63, 3.8) is 0 Å². The summed E-state index contributed by atoms with van der Waals surface area (Å²) in [6.07, 6.45) is 4.37. The number of nitrogens with zero attached hydrogens (tertiary/aromatic N) is 1. The number of oxazole rings is 1. The Bertz CT molecular complexity index is 572. The molecule has 1 heterocycles. The standard InChI is InChI=1S/C16H21N3O2.ClH/c1-2-3-9-13(10-17)18-15(20)14-11-21-16(19-14)12-7-5-4-6-8-12;/h4-8,11,13H,2-3,9-10,17H2,1H3,(H,18,20);1H. The average molecular weight is 324 g/mol. The summed E-state index contributed by atoms with van der Waals surface area (Å²) in [4.78, 5) is 16.4. The minimum absolute atomic E-state index is 0. The van der Waals surface area contributed by atoms with Crippen LogP contribution in [0.5, 0.6) is 0 Å². The van der Waals surface area contributed by atoms with Crippen molar-refractivity contribution >= 4 is 18.3 Å². The molecule has 3 N–H and O–H groups in total. The quantitative estimate of drug-likeness (QED) is 0.820. The van der Waals surface area contributed by atoms with Gasteiger partial charge in [-0.05, 0) is 18.6 Å². The monoisotopic (exact) mass is 323 g/mol. The number of aromatic nitrogens is 1. The molecular weight excluding hydrogens is 302 g/mol. The lowest BCUT2D eigenvalue weighted by molar-refractivity contribution is 0.0930. The molecule has 0 saturated carbocycles. The van der Waals surface area contributed by atoms with E-state index < -0.39 is 0 Å². The Balaban J connectivity index is 0.00000242. The highest BCUT2D eigenvalue weighted by Crippen LogP contribution is 2.17. The molecule has 2 aromatic rings. The molecule has 1 unspecified atom stereocenters. The van der Waals surface area contributed by atoms with Crippen molar-refractivity contribution in [2.75, 3.05) is 6.54 Å². The summed E-state index contributed by atoms with van der Waals surface area (Å²) in [7, 11) is 0. The van der Waals surface area contributed by atoms with E-state index in [1.54, 1.807) is 0 Å². The number of carbonyl (C=O) groups excluding carboxylic acids is 1. The van der Waals surface area contributed by atoms with Crippen LogP contribution in [0.15, 0.2) is 41.0 Å². The molecule has 2 rings (SSSR count). The first-order valence-corrected chi connectivity index (χ1v) is 7.26. The van der Waals surface area contributed by atoms with Crippen LogP contribution in [-0.4, -0.2) is 23.5 Å². The van der Waals surface area contributed by atoms with Crippen LogP contribution >= 0.6 is 12.4 Å². The maximum Gasteiger partial charge on any atom is 0.273 e. The number of hydrogen-bond donors (Lipinski definition) is 2. The fourth-order valence-electron chi connectivity index (χ4n) is 2.05. The molecule has 0 aliphatic carbocycles. The van der Waals surface area contributed by atoms with Crippen LogP contribution in [0, 0.1) is 0 Å². The minimum Gasteiger partial charge on any atom is -0.444 e. The maximum atomic E-state index is 12.1. The van der Waals surface area contributed by atoms with Gasteiger partial charge in [-0.25, -0.2) is 4.98 Å². The van der Waals surface area contributed by atoms with Crippen molar-refractivity contribution in [1.82, 2.24) is 10.3 Å². The Morgan fingerprint density at radius 1 is 1.36 bits per heavy atom. The highest BCUT2D eigenvalue weighted by Gasteiger charge is 2.16. The number of nitrogens with two attached hydrogens (primary N) is 1. The second kappa shape index (κ2) is 9.23. The largest absolute Gasteiger partial charge is 0.444 e. The van der Waals surface area contributed by atoms with Crippen molar-refractivity contribution in [2.24, 2.45) is 5.73 Å². The van der Waals surface area contributed by atoms with E-state index in [0.29, 0.717) is 12.4 Å². The first-order chi connectivity index (χ1) is 10.2. The molecule has 0 saturated heterocycles. The van der Waals surface area contributed by atoms with Gasteiger partial charge in [0.05, 0.1) is 0 Å². The van der Waals surface area contributed by atoms with E-state index in [4.69, 9.17) is 10.2 Å². The molecule has 6 heteroatoms. The van der Waals surface area contributed by atoms with Crippen molar-refractivity contribution in [3.05, 3.63) is 42.3 Å².